The van der Waals surface area contributed by atoms with E-state index in [0.29, 0.717) is 50.1 Å². The highest BCUT2D eigenvalue weighted by Crippen LogP contribution is 2.36. The number of nitrogens with one attached hydrogen (secondary N) is 1. The number of morpholine rings is 1. The minimum absolute atomic E-state index is 0.0554. The standard InChI is InChI=1S/C29H31F4N5O2/c1-16-9-18(34)14-37(13-16)25-5-6-35-12-24(25)36-29(39)20-3-4-21(30)27(28(20)33)26-22(31)10-19(11-23(26)32)38-7-8-40-15-17(38)2/h3-6,10-12,16-18H,7-9,13-15,34H2,1-2H3,(H,36,39)/t16-,17?,18+/m1/s1. The molecular formula is C29H31F4N5O2. The molecule has 2 aliphatic rings. The van der Waals surface area contributed by atoms with E-state index in [9.17, 15) is 9.18 Å². The van der Waals surface area contributed by atoms with E-state index in [1.165, 1.54) is 6.20 Å². The SMILES string of the molecule is CC1COCCN1c1cc(F)c(-c2c(F)ccc(C(=O)Nc3cnccc3N3C[C@H](C)C[C@H](N)C3)c2F)c(F)c1. The second-order valence-corrected chi connectivity index (χ2v) is 10.5. The highest BCUT2D eigenvalue weighted by atomic mass is 19.1. The number of halogens is 4. The fourth-order valence-corrected chi connectivity index (χ4v) is 5.58. The van der Waals surface area contributed by atoms with Crippen LogP contribution in [0.3, 0.4) is 0 Å². The van der Waals surface area contributed by atoms with Crippen LogP contribution in [0.25, 0.3) is 11.1 Å². The lowest BCUT2D eigenvalue weighted by Crippen LogP contribution is -2.46. The molecule has 2 aromatic carbocycles. The predicted molar refractivity (Wildman–Crippen MR) is 145 cm³/mol. The summed E-state index contributed by atoms with van der Waals surface area (Å²) in [6, 6.07) is 5.36. The fourth-order valence-electron chi connectivity index (χ4n) is 5.58. The monoisotopic (exact) mass is 557 g/mol. The lowest BCUT2D eigenvalue weighted by atomic mass is 9.96. The number of anilines is 3. The van der Waals surface area contributed by atoms with Gasteiger partial charge in [-0.05, 0) is 49.6 Å². The first-order valence-corrected chi connectivity index (χ1v) is 13.2. The van der Waals surface area contributed by atoms with Crippen LogP contribution in [0.5, 0.6) is 0 Å². The first-order chi connectivity index (χ1) is 19.1. The number of piperidine rings is 1. The van der Waals surface area contributed by atoms with Crippen molar-refractivity contribution in [1.29, 1.82) is 0 Å². The molecule has 1 unspecified atom stereocenters. The molecule has 3 atom stereocenters. The molecule has 2 fully saturated rings. The summed E-state index contributed by atoms with van der Waals surface area (Å²) < 4.78 is 66.5. The van der Waals surface area contributed by atoms with E-state index >= 15 is 13.2 Å². The van der Waals surface area contributed by atoms with Crippen molar-refractivity contribution in [2.75, 3.05) is 48.0 Å². The summed E-state index contributed by atoms with van der Waals surface area (Å²) in [5.74, 6) is -5.45. The zero-order chi connectivity index (χ0) is 28.6. The molecule has 1 aromatic heterocycles. The Hall–Kier alpha value is -3.70. The van der Waals surface area contributed by atoms with Crippen molar-refractivity contribution in [2.45, 2.75) is 32.4 Å². The minimum Gasteiger partial charge on any atom is -0.377 e. The quantitative estimate of drug-likeness (QED) is 0.432. The third kappa shape index (κ3) is 5.48. The smallest absolute Gasteiger partial charge is 0.258 e. The first kappa shape index (κ1) is 27.9. The minimum atomic E-state index is -1.37. The molecule has 0 radical (unpaired) electrons. The molecule has 3 heterocycles. The average Bonchev–Trinajstić information content (AvgIpc) is 2.90. The summed E-state index contributed by atoms with van der Waals surface area (Å²) in [5, 5.41) is 2.63. The van der Waals surface area contributed by atoms with Gasteiger partial charge in [0.2, 0.25) is 0 Å². The van der Waals surface area contributed by atoms with Gasteiger partial charge in [-0.1, -0.05) is 6.92 Å². The van der Waals surface area contributed by atoms with Crippen LogP contribution in [0.2, 0.25) is 0 Å². The van der Waals surface area contributed by atoms with Crippen LogP contribution >= 0.6 is 0 Å². The Balaban J connectivity index is 1.47. The van der Waals surface area contributed by atoms with Crippen LogP contribution in [-0.4, -0.2) is 55.8 Å². The normalized spacial score (nSPS) is 21.4. The number of ether oxygens (including phenoxy) is 1. The number of carbonyl (C=O) groups is 1. The van der Waals surface area contributed by atoms with Gasteiger partial charge in [0.1, 0.15) is 23.3 Å². The number of aromatic nitrogens is 1. The molecule has 0 spiro atoms. The predicted octanol–water partition coefficient (Wildman–Crippen LogP) is 4.96. The van der Waals surface area contributed by atoms with Crippen molar-refractivity contribution in [3.05, 3.63) is 71.6 Å². The zero-order valence-corrected chi connectivity index (χ0v) is 22.3. The zero-order valence-electron chi connectivity index (χ0n) is 22.3. The summed E-state index contributed by atoms with van der Waals surface area (Å²) >= 11 is 0. The molecule has 5 rings (SSSR count). The molecule has 2 saturated heterocycles. The van der Waals surface area contributed by atoms with Crippen molar-refractivity contribution in [2.24, 2.45) is 11.7 Å². The Labute approximate surface area is 229 Å². The van der Waals surface area contributed by atoms with Crippen molar-refractivity contribution < 1.29 is 27.1 Å². The van der Waals surface area contributed by atoms with E-state index in [0.717, 1.165) is 30.7 Å². The molecule has 7 nitrogen and oxygen atoms in total. The van der Waals surface area contributed by atoms with Crippen LogP contribution in [0.1, 0.15) is 30.6 Å². The number of nitrogens with zero attached hydrogens (tertiary/aromatic N) is 3. The van der Waals surface area contributed by atoms with Crippen molar-refractivity contribution in [3.8, 4) is 11.1 Å². The Morgan fingerprint density at radius 2 is 1.80 bits per heavy atom. The molecule has 0 aliphatic carbocycles. The molecular weight excluding hydrogens is 526 g/mol. The number of benzene rings is 2. The lowest BCUT2D eigenvalue weighted by molar-refractivity contribution is 0.0989. The summed E-state index contributed by atoms with van der Waals surface area (Å²) in [6.07, 6.45) is 3.86. The molecule has 40 heavy (non-hydrogen) atoms. The van der Waals surface area contributed by atoms with Crippen LogP contribution in [-0.2, 0) is 4.74 Å². The largest absolute Gasteiger partial charge is 0.377 e. The van der Waals surface area contributed by atoms with E-state index < -0.39 is 45.9 Å². The highest BCUT2D eigenvalue weighted by Gasteiger charge is 2.29. The van der Waals surface area contributed by atoms with Gasteiger partial charge in [-0.2, -0.15) is 0 Å². The second kappa shape index (κ2) is 11.4. The van der Waals surface area contributed by atoms with Gasteiger partial charge in [0.15, 0.2) is 0 Å². The first-order valence-electron chi connectivity index (χ1n) is 13.2. The highest BCUT2D eigenvalue weighted by molar-refractivity contribution is 6.06. The maximum absolute atomic E-state index is 15.7. The van der Waals surface area contributed by atoms with Crippen LogP contribution < -0.4 is 20.9 Å². The van der Waals surface area contributed by atoms with Crippen LogP contribution in [0.15, 0.2) is 42.7 Å². The fraction of sp³-hybridized carbons (Fsp3) is 0.379. The third-order valence-corrected chi connectivity index (χ3v) is 7.39. The molecule has 3 aromatic rings. The summed E-state index contributed by atoms with van der Waals surface area (Å²) in [7, 11) is 0. The van der Waals surface area contributed by atoms with Gasteiger partial charge < -0.3 is 25.6 Å². The Kier molecular flexibility index (Phi) is 7.95. The third-order valence-electron chi connectivity index (χ3n) is 7.39. The number of carbonyl (C=O) groups excluding carboxylic acids is 1. The van der Waals surface area contributed by atoms with Crippen molar-refractivity contribution in [1.82, 2.24) is 4.98 Å². The molecule has 0 bridgehead atoms. The molecule has 1 amide bonds. The molecule has 0 saturated carbocycles. The Bertz CT molecular complexity index is 1390. The topological polar surface area (TPSA) is 83.7 Å². The Morgan fingerprint density at radius 3 is 2.50 bits per heavy atom. The second-order valence-electron chi connectivity index (χ2n) is 10.5. The van der Waals surface area contributed by atoms with E-state index in [1.807, 2.05) is 11.8 Å². The van der Waals surface area contributed by atoms with Gasteiger partial charge in [-0.15, -0.1) is 0 Å². The van der Waals surface area contributed by atoms with Gasteiger partial charge >= 0.3 is 0 Å². The van der Waals surface area contributed by atoms with Gasteiger partial charge in [-0.25, -0.2) is 17.6 Å². The maximum Gasteiger partial charge on any atom is 0.258 e. The molecule has 11 heteroatoms. The number of nitrogens with two attached hydrogens (primary N) is 1. The van der Waals surface area contributed by atoms with Gasteiger partial charge in [0.05, 0.1) is 47.5 Å². The van der Waals surface area contributed by atoms with Crippen LogP contribution in [0.4, 0.5) is 34.6 Å². The number of rotatable bonds is 5. The lowest BCUT2D eigenvalue weighted by Gasteiger charge is -2.37. The van der Waals surface area contributed by atoms with E-state index in [4.69, 9.17) is 10.5 Å². The summed E-state index contributed by atoms with van der Waals surface area (Å²) in [4.78, 5) is 21.1. The van der Waals surface area contributed by atoms with Crippen molar-refractivity contribution >= 4 is 23.0 Å². The number of pyridine rings is 1. The number of hydrogen-bond donors (Lipinski definition) is 2. The Morgan fingerprint density at radius 1 is 1.05 bits per heavy atom. The summed E-state index contributed by atoms with van der Waals surface area (Å²) in [5.41, 5.74) is 4.97. The number of hydrogen-bond acceptors (Lipinski definition) is 6. The summed E-state index contributed by atoms with van der Waals surface area (Å²) in [6.45, 7) is 6.37. The van der Waals surface area contributed by atoms with Gasteiger partial charge in [0.25, 0.3) is 5.91 Å². The van der Waals surface area contributed by atoms with Gasteiger partial charge in [-0.3, -0.25) is 9.78 Å². The average molecular weight is 558 g/mol. The maximum atomic E-state index is 15.7. The van der Waals surface area contributed by atoms with E-state index in [1.54, 1.807) is 17.2 Å². The van der Waals surface area contributed by atoms with Crippen LogP contribution in [0, 0.1) is 29.2 Å². The van der Waals surface area contributed by atoms with E-state index in [2.05, 4.69) is 17.2 Å². The van der Waals surface area contributed by atoms with E-state index in [-0.39, 0.29) is 17.8 Å². The molecule has 2 aliphatic heterocycles. The number of amides is 1. The van der Waals surface area contributed by atoms with Gasteiger partial charge in [0, 0.05) is 43.6 Å². The molecule has 3 N–H and O–H groups in total. The molecule has 212 valence electrons. The van der Waals surface area contributed by atoms with Crippen molar-refractivity contribution in [3.63, 3.8) is 0 Å².